The molecule has 2 aliphatic heterocycles. The van der Waals surface area contributed by atoms with Crippen molar-refractivity contribution < 1.29 is 23.1 Å². The number of amides is 1. The summed E-state index contributed by atoms with van der Waals surface area (Å²) in [5.41, 5.74) is 2.67. The molecule has 2 aromatic carbocycles. The Kier molecular flexibility index (Phi) is 7.64. The number of aliphatic hydroxyl groups excluding tert-OH is 1. The van der Waals surface area contributed by atoms with Crippen molar-refractivity contribution in [3.8, 4) is 5.75 Å². The van der Waals surface area contributed by atoms with Crippen molar-refractivity contribution in [3.05, 3.63) is 70.3 Å². The normalized spacial score (nSPS) is 32.8. The number of aryl methyl sites for hydroxylation is 1. The van der Waals surface area contributed by atoms with Gasteiger partial charge in [0.15, 0.2) is 0 Å². The molecule has 1 saturated carbocycles. The van der Waals surface area contributed by atoms with E-state index in [1.54, 1.807) is 18.2 Å². The van der Waals surface area contributed by atoms with E-state index < -0.39 is 27.4 Å². The number of sulfonamides is 1. The summed E-state index contributed by atoms with van der Waals surface area (Å²) in [7, 11) is -3.92. The predicted octanol–water partition coefficient (Wildman–Crippen LogP) is 5.49. The number of nitrogens with zero attached hydrogens (tertiary/aromatic N) is 1. The van der Waals surface area contributed by atoms with Gasteiger partial charge in [0.25, 0.3) is 5.91 Å². The van der Waals surface area contributed by atoms with Crippen LogP contribution >= 0.6 is 11.6 Å². The number of halogens is 1. The highest BCUT2D eigenvalue weighted by Gasteiger charge is 2.44. The second-order valence-electron chi connectivity index (χ2n) is 13.6. The van der Waals surface area contributed by atoms with Gasteiger partial charge in [-0.15, -0.1) is 0 Å². The fourth-order valence-electron chi connectivity index (χ4n) is 7.35. The van der Waals surface area contributed by atoms with Gasteiger partial charge < -0.3 is 14.7 Å². The van der Waals surface area contributed by atoms with Gasteiger partial charge in [-0.05, 0) is 96.7 Å². The highest BCUT2D eigenvalue weighted by Crippen LogP contribution is 2.47. The summed E-state index contributed by atoms with van der Waals surface area (Å²) >= 11 is 6.39. The van der Waals surface area contributed by atoms with Crippen LogP contribution in [0.4, 0.5) is 5.69 Å². The molecule has 2 bridgehead atoms. The molecule has 0 aromatic heterocycles. The summed E-state index contributed by atoms with van der Waals surface area (Å²) in [5.74, 6) is 0.0809. The maximum absolute atomic E-state index is 13.3. The second kappa shape index (κ2) is 10.9. The molecule has 1 fully saturated rings. The topological polar surface area (TPSA) is 95.9 Å². The average molecular weight is 613 g/mol. The van der Waals surface area contributed by atoms with Gasteiger partial charge in [-0.2, -0.15) is 0 Å². The minimum Gasteiger partial charge on any atom is -0.490 e. The SMILES string of the molecule is C[C@H]1/C=C/[C@H](O)[C@@H]2CC[C@H]2CN2C[C@@]3(CCCc4cc(Cl)ccc43)COc3ccc(cc32)C(=O)NS(=O)(=O)CC1(C)C. The van der Waals surface area contributed by atoms with Crippen molar-refractivity contribution in [2.24, 2.45) is 23.2 Å². The van der Waals surface area contributed by atoms with E-state index >= 15 is 0 Å². The number of fused-ring (bicyclic) bond motifs is 4. The van der Waals surface area contributed by atoms with Gasteiger partial charge in [0.1, 0.15) is 5.75 Å². The van der Waals surface area contributed by atoms with Gasteiger partial charge >= 0.3 is 0 Å². The number of hydrogen-bond acceptors (Lipinski definition) is 6. The number of rotatable bonds is 0. The largest absolute Gasteiger partial charge is 0.490 e. The molecular formula is C33H41ClN2O5S. The zero-order valence-corrected chi connectivity index (χ0v) is 26.2. The van der Waals surface area contributed by atoms with Gasteiger partial charge in [-0.1, -0.05) is 50.6 Å². The van der Waals surface area contributed by atoms with Crippen molar-refractivity contribution >= 4 is 33.2 Å². The molecule has 0 radical (unpaired) electrons. The summed E-state index contributed by atoms with van der Waals surface area (Å²) in [6, 6.07) is 11.4. The Morgan fingerprint density at radius 2 is 1.93 bits per heavy atom. The van der Waals surface area contributed by atoms with Gasteiger partial charge in [-0.3, -0.25) is 4.79 Å². The Labute approximate surface area is 254 Å². The summed E-state index contributed by atoms with van der Waals surface area (Å²) in [4.78, 5) is 15.7. The van der Waals surface area contributed by atoms with Crippen molar-refractivity contribution in [1.82, 2.24) is 4.72 Å². The first-order chi connectivity index (χ1) is 19.9. The molecule has 42 heavy (non-hydrogen) atoms. The molecule has 2 aliphatic carbocycles. The van der Waals surface area contributed by atoms with Crippen LogP contribution in [0.1, 0.15) is 67.9 Å². The summed E-state index contributed by atoms with van der Waals surface area (Å²) in [6.07, 6.45) is 8.09. The fourth-order valence-corrected chi connectivity index (χ4v) is 9.26. The first-order valence-electron chi connectivity index (χ1n) is 15.1. The highest BCUT2D eigenvalue weighted by molar-refractivity contribution is 7.90. The molecule has 226 valence electrons. The lowest BCUT2D eigenvalue weighted by atomic mass is 9.68. The third kappa shape index (κ3) is 5.58. The molecule has 4 aliphatic rings. The van der Waals surface area contributed by atoms with Gasteiger partial charge in [0, 0.05) is 29.1 Å². The number of anilines is 1. The van der Waals surface area contributed by atoms with Crippen LogP contribution in [-0.2, 0) is 21.9 Å². The van der Waals surface area contributed by atoms with Crippen LogP contribution in [0.15, 0.2) is 48.6 Å². The van der Waals surface area contributed by atoms with Crippen LogP contribution in [0, 0.1) is 23.2 Å². The number of allylic oxidation sites excluding steroid dienone is 1. The zero-order valence-electron chi connectivity index (χ0n) is 24.6. The summed E-state index contributed by atoms with van der Waals surface area (Å²) in [5, 5.41) is 12.0. The van der Waals surface area contributed by atoms with E-state index in [9.17, 15) is 18.3 Å². The lowest BCUT2D eigenvalue weighted by Gasteiger charge is -2.45. The van der Waals surface area contributed by atoms with Crippen LogP contribution in [-0.4, -0.2) is 51.0 Å². The van der Waals surface area contributed by atoms with E-state index in [-0.39, 0.29) is 34.5 Å². The van der Waals surface area contributed by atoms with Gasteiger partial charge in [-0.25, -0.2) is 13.1 Å². The van der Waals surface area contributed by atoms with Gasteiger partial charge in [0.05, 0.1) is 24.2 Å². The molecule has 6 rings (SSSR count). The van der Waals surface area contributed by atoms with Crippen molar-refractivity contribution in [3.63, 3.8) is 0 Å². The molecule has 7 nitrogen and oxygen atoms in total. The predicted molar refractivity (Wildman–Crippen MR) is 166 cm³/mol. The van der Waals surface area contributed by atoms with E-state index in [0.717, 1.165) is 42.8 Å². The smallest absolute Gasteiger partial charge is 0.264 e. The molecule has 2 N–H and O–H groups in total. The van der Waals surface area contributed by atoms with Crippen LogP contribution in [0.25, 0.3) is 0 Å². The average Bonchev–Trinajstić information content (AvgIpc) is 3.05. The standard InChI is InChI=1S/C33H41ClN2O5S/c1-21-6-12-29(37)26-10-7-24(26)17-36-18-33(14-4-5-22-15-25(34)9-11-27(22)33)19-41-30-13-8-23(16-28(30)36)31(38)35-42(39,40)20-32(21,2)3/h6,8-9,11-13,15-16,21,24,26,29,37H,4-5,7,10,14,17-20H2,1-3H3,(H,35,38)/b12-6+/t21-,24-,26+,29-,33-/m0/s1. The molecule has 5 atom stereocenters. The summed E-state index contributed by atoms with van der Waals surface area (Å²) in [6.45, 7) is 7.60. The molecule has 2 aromatic rings. The first-order valence-corrected chi connectivity index (χ1v) is 17.1. The van der Waals surface area contributed by atoms with Crippen LogP contribution in [0.2, 0.25) is 5.02 Å². The number of aliphatic hydroxyl groups is 1. The Balaban J connectivity index is 1.42. The lowest BCUT2D eigenvalue weighted by Crippen LogP contribution is -2.49. The van der Waals surface area contributed by atoms with Crippen molar-refractivity contribution in [1.29, 1.82) is 0 Å². The Morgan fingerprint density at radius 1 is 1.12 bits per heavy atom. The minimum absolute atomic E-state index is 0.112. The van der Waals surface area contributed by atoms with Crippen LogP contribution in [0.3, 0.4) is 0 Å². The molecule has 9 heteroatoms. The van der Waals surface area contributed by atoms with Crippen molar-refractivity contribution in [2.45, 2.75) is 64.4 Å². The monoisotopic (exact) mass is 612 g/mol. The van der Waals surface area contributed by atoms with E-state index in [0.29, 0.717) is 25.4 Å². The van der Waals surface area contributed by atoms with E-state index in [2.05, 4.69) is 21.8 Å². The Bertz CT molecular complexity index is 1520. The Hall–Kier alpha value is -2.55. The number of hydrogen-bond donors (Lipinski definition) is 2. The molecule has 1 amide bonds. The van der Waals surface area contributed by atoms with E-state index in [1.807, 2.05) is 39.0 Å². The molecule has 1 spiro atoms. The van der Waals surface area contributed by atoms with Crippen LogP contribution in [0.5, 0.6) is 5.75 Å². The van der Waals surface area contributed by atoms with Crippen LogP contribution < -0.4 is 14.4 Å². The maximum Gasteiger partial charge on any atom is 0.264 e. The minimum atomic E-state index is -3.92. The quantitative estimate of drug-likeness (QED) is 0.382. The maximum atomic E-state index is 13.3. The van der Waals surface area contributed by atoms with Crippen molar-refractivity contribution in [2.75, 3.05) is 30.3 Å². The third-order valence-corrected chi connectivity index (χ3v) is 12.2. The highest BCUT2D eigenvalue weighted by atomic mass is 35.5. The number of ether oxygens (including phenoxy) is 1. The molecular weight excluding hydrogens is 572 g/mol. The zero-order chi connectivity index (χ0) is 29.9. The first kappa shape index (κ1) is 29.5. The second-order valence-corrected chi connectivity index (χ2v) is 15.8. The lowest BCUT2D eigenvalue weighted by molar-refractivity contribution is 0.0452. The number of carbonyl (C=O) groups excluding carboxylic acids is 1. The number of benzene rings is 2. The number of nitrogens with one attached hydrogen (secondary N) is 1. The fraction of sp³-hybridized carbons (Fsp3) is 0.545. The number of carbonyl (C=O) groups is 1. The van der Waals surface area contributed by atoms with Gasteiger partial charge in [0.2, 0.25) is 10.0 Å². The Morgan fingerprint density at radius 3 is 2.69 bits per heavy atom. The molecule has 0 saturated heterocycles. The third-order valence-electron chi connectivity index (χ3n) is 10.3. The van der Waals surface area contributed by atoms with E-state index in [4.69, 9.17) is 16.3 Å². The molecule has 0 unspecified atom stereocenters. The summed E-state index contributed by atoms with van der Waals surface area (Å²) < 4.78 is 35.1. The van der Waals surface area contributed by atoms with E-state index in [1.165, 1.54) is 11.1 Å². The molecule has 2 heterocycles.